The van der Waals surface area contributed by atoms with Crippen molar-refractivity contribution in [1.29, 1.82) is 0 Å². The number of sulfonamides is 1. The molecule has 0 saturated carbocycles. The molecule has 0 aliphatic carbocycles. The van der Waals surface area contributed by atoms with E-state index in [0.29, 0.717) is 36.1 Å². The monoisotopic (exact) mass is 458 g/mol. The maximum absolute atomic E-state index is 13.2. The number of ether oxygens (including phenoxy) is 2. The molecule has 0 bridgehead atoms. The summed E-state index contributed by atoms with van der Waals surface area (Å²) in [5.41, 5.74) is 2.14. The second-order valence-electron chi connectivity index (χ2n) is 6.92. The minimum absolute atomic E-state index is 0.0328. The number of amides is 1. The molecule has 0 spiro atoms. The fraction of sp³-hybridized carbons (Fsp3) is 0.227. The molecule has 1 aliphatic rings. The maximum Gasteiger partial charge on any atom is 0.267 e. The van der Waals surface area contributed by atoms with E-state index >= 15 is 0 Å². The molecule has 0 radical (unpaired) electrons. The number of rotatable bonds is 6. The van der Waals surface area contributed by atoms with Gasteiger partial charge < -0.3 is 14.8 Å². The minimum Gasteiger partial charge on any atom is -0.486 e. The number of nitrogens with zero attached hydrogens (tertiary/aromatic N) is 1. The molecule has 0 unspecified atom stereocenters. The molecule has 0 saturated heterocycles. The highest BCUT2D eigenvalue weighted by Gasteiger charge is 2.28. The van der Waals surface area contributed by atoms with E-state index < -0.39 is 15.9 Å². The number of thiophene rings is 1. The third-order valence-corrected chi connectivity index (χ3v) is 7.85. The molecule has 1 aliphatic heterocycles. The average molecular weight is 459 g/mol. The van der Waals surface area contributed by atoms with Gasteiger partial charge >= 0.3 is 0 Å². The Morgan fingerprint density at radius 2 is 1.77 bits per heavy atom. The van der Waals surface area contributed by atoms with Crippen molar-refractivity contribution in [2.75, 3.05) is 29.9 Å². The van der Waals surface area contributed by atoms with E-state index in [1.165, 1.54) is 17.4 Å². The summed E-state index contributed by atoms with van der Waals surface area (Å²) in [6, 6.07) is 13.8. The number of carbonyl (C=O) groups is 1. The van der Waals surface area contributed by atoms with Gasteiger partial charge in [0.2, 0.25) is 0 Å². The predicted octanol–water partition coefficient (Wildman–Crippen LogP) is 4.16. The Morgan fingerprint density at radius 3 is 2.48 bits per heavy atom. The Bertz CT molecular complexity index is 1200. The first-order chi connectivity index (χ1) is 14.9. The lowest BCUT2D eigenvalue weighted by molar-refractivity contribution is 0.102. The molecule has 7 nitrogen and oxygen atoms in total. The molecule has 2 heterocycles. The van der Waals surface area contributed by atoms with Crippen LogP contribution in [0.4, 0.5) is 11.4 Å². The van der Waals surface area contributed by atoms with Gasteiger partial charge in [0, 0.05) is 18.8 Å². The molecule has 1 amide bonds. The normalized spacial score (nSPS) is 13.0. The van der Waals surface area contributed by atoms with Gasteiger partial charge in [0.1, 0.15) is 23.0 Å². The Kier molecular flexibility index (Phi) is 5.88. The molecule has 4 rings (SSSR count). The average Bonchev–Trinajstić information content (AvgIpc) is 3.30. The molecule has 1 aromatic heterocycles. The summed E-state index contributed by atoms with van der Waals surface area (Å²) in [6.45, 7) is 2.94. The van der Waals surface area contributed by atoms with Crippen molar-refractivity contribution in [3.05, 3.63) is 64.4 Å². The maximum atomic E-state index is 13.2. The number of hydrogen-bond donors (Lipinski definition) is 1. The molecule has 162 valence electrons. The third-order valence-electron chi connectivity index (χ3n) is 4.98. The fourth-order valence-electron chi connectivity index (χ4n) is 3.20. The third kappa shape index (κ3) is 4.24. The van der Waals surface area contributed by atoms with Gasteiger partial charge in [-0.3, -0.25) is 9.10 Å². The van der Waals surface area contributed by atoms with E-state index in [9.17, 15) is 13.2 Å². The van der Waals surface area contributed by atoms with Gasteiger partial charge in [-0.15, -0.1) is 11.3 Å². The largest absolute Gasteiger partial charge is 0.486 e. The fourth-order valence-corrected chi connectivity index (χ4v) is 5.69. The highest BCUT2D eigenvalue weighted by atomic mass is 32.2. The lowest BCUT2D eigenvalue weighted by Gasteiger charge is -2.20. The molecule has 0 atom stereocenters. The lowest BCUT2D eigenvalue weighted by Crippen LogP contribution is -2.28. The second-order valence-corrected chi connectivity index (χ2v) is 9.77. The standard InChI is InChI=1S/C22H22N2O5S2/c1-3-15-4-7-17(8-5-15)24(2)31(26,27)20-10-13-30-21(20)22(25)23-16-6-9-18-19(14-16)29-12-11-28-18/h4-10,13-14H,3,11-12H2,1-2H3,(H,23,25). The minimum atomic E-state index is -3.91. The molecule has 9 heteroatoms. The molecule has 31 heavy (non-hydrogen) atoms. The summed E-state index contributed by atoms with van der Waals surface area (Å²) < 4.78 is 38.7. The molecule has 1 N–H and O–H groups in total. The first kappa shape index (κ1) is 21.2. The number of carbonyl (C=O) groups excluding carboxylic acids is 1. The Balaban J connectivity index is 1.57. The van der Waals surface area contributed by atoms with E-state index in [1.54, 1.807) is 35.7 Å². The van der Waals surface area contributed by atoms with Crippen LogP contribution in [0.25, 0.3) is 0 Å². The van der Waals surface area contributed by atoms with Crippen LogP contribution in [-0.4, -0.2) is 34.6 Å². The van der Waals surface area contributed by atoms with Crippen molar-refractivity contribution in [1.82, 2.24) is 0 Å². The molecular weight excluding hydrogens is 436 g/mol. The van der Waals surface area contributed by atoms with Crippen molar-refractivity contribution in [2.45, 2.75) is 18.2 Å². The zero-order valence-electron chi connectivity index (χ0n) is 17.1. The number of fused-ring (bicyclic) bond motifs is 1. The first-order valence-electron chi connectivity index (χ1n) is 9.76. The van der Waals surface area contributed by atoms with Gasteiger partial charge in [-0.05, 0) is 47.7 Å². The highest BCUT2D eigenvalue weighted by Crippen LogP contribution is 2.33. The van der Waals surface area contributed by atoms with Gasteiger partial charge in [-0.2, -0.15) is 0 Å². The quantitative estimate of drug-likeness (QED) is 0.600. The van der Waals surface area contributed by atoms with Gasteiger partial charge in [-0.25, -0.2) is 8.42 Å². The molecule has 3 aromatic rings. The Morgan fingerprint density at radius 1 is 1.06 bits per heavy atom. The summed E-state index contributed by atoms with van der Waals surface area (Å²) in [6.07, 6.45) is 0.867. The number of benzene rings is 2. The number of nitrogens with one attached hydrogen (secondary N) is 1. The second kappa shape index (κ2) is 8.60. The lowest BCUT2D eigenvalue weighted by atomic mass is 10.1. The van der Waals surface area contributed by atoms with E-state index in [2.05, 4.69) is 5.32 Å². The van der Waals surface area contributed by atoms with Gasteiger partial charge in [-0.1, -0.05) is 19.1 Å². The zero-order chi connectivity index (χ0) is 22.0. The number of anilines is 2. The predicted molar refractivity (Wildman–Crippen MR) is 121 cm³/mol. The van der Waals surface area contributed by atoms with Crippen LogP contribution in [0, 0.1) is 0 Å². The summed E-state index contributed by atoms with van der Waals surface area (Å²) in [5, 5.41) is 4.35. The topological polar surface area (TPSA) is 84.9 Å². The molecular formula is C22H22N2O5S2. The highest BCUT2D eigenvalue weighted by molar-refractivity contribution is 7.93. The Labute approximate surface area is 185 Å². The SMILES string of the molecule is CCc1ccc(N(C)S(=O)(=O)c2ccsc2C(=O)Nc2ccc3c(c2)OCCO3)cc1. The summed E-state index contributed by atoms with van der Waals surface area (Å²) in [7, 11) is -2.43. The van der Waals surface area contributed by atoms with Crippen LogP contribution >= 0.6 is 11.3 Å². The van der Waals surface area contributed by atoms with Crippen LogP contribution in [0.3, 0.4) is 0 Å². The van der Waals surface area contributed by atoms with Crippen LogP contribution in [0.15, 0.2) is 58.8 Å². The summed E-state index contributed by atoms with van der Waals surface area (Å²) in [5.74, 6) is 0.651. The number of hydrogen-bond acceptors (Lipinski definition) is 6. The van der Waals surface area contributed by atoms with Crippen LogP contribution < -0.4 is 19.1 Å². The van der Waals surface area contributed by atoms with Crippen LogP contribution in [-0.2, 0) is 16.4 Å². The van der Waals surface area contributed by atoms with Crippen molar-refractivity contribution < 1.29 is 22.7 Å². The summed E-state index contributed by atoms with van der Waals surface area (Å²) >= 11 is 1.08. The van der Waals surface area contributed by atoms with Crippen LogP contribution in [0.2, 0.25) is 0 Å². The van der Waals surface area contributed by atoms with Gasteiger partial charge in [0.15, 0.2) is 11.5 Å². The molecule has 2 aromatic carbocycles. The Hall–Kier alpha value is -3.04. The van der Waals surface area contributed by atoms with Gasteiger partial charge in [0.25, 0.3) is 15.9 Å². The van der Waals surface area contributed by atoms with Crippen molar-refractivity contribution >= 4 is 38.6 Å². The van der Waals surface area contributed by atoms with Crippen molar-refractivity contribution in [3.63, 3.8) is 0 Å². The smallest absolute Gasteiger partial charge is 0.267 e. The van der Waals surface area contributed by atoms with E-state index in [1.807, 2.05) is 19.1 Å². The first-order valence-corrected chi connectivity index (χ1v) is 12.1. The van der Waals surface area contributed by atoms with Crippen molar-refractivity contribution in [2.24, 2.45) is 0 Å². The van der Waals surface area contributed by atoms with E-state index in [-0.39, 0.29) is 9.77 Å². The van der Waals surface area contributed by atoms with Crippen LogP contribution in [0.5, 0.6) is 11.5 Å². The van der Waals surface area contributed by atoms with E-state index in [0.717, 1.165) is 23.3 Å². The molecule has 0 fully saturated rings. The van der Waals surface area contributed by atoms with Crippen LogP contribution in [0.1, 0.15) is 22.2 Å². The van der Waals surface area contributed by atoms with Crippen molar-refractivity contribution in [3.8, 4) is 11.5 Å². The number of aryl methyl sites for hydroxylation is 1. The summed E-state index contributed by atoms with van der Waals surface area (Å²) in [4.78, 5) is 13.0. The zero-order valence-corrected chi connectivity index (χ0v) is 18.8. The van der Waals surface area contributed by atoms with E-state index in [4.69, 9.17) is 9.47 Å². The van der Waals surface area contributed by atoms with Gasteiger partial charge in [0.05, 0.1) is 5.69 Å².